The van der Waals surface area contributed by atoms with Crippen molar-refractivity contribution in [3.63, 3.8) is 0 Å². The molecule has 0 saturated heterocycles. The predicted octanol–water partition coefficient (Wildman–Crippen LogP) is 2.13. The maximum Gasteiger partial charge on any atom is 0.166 e. The third-order valence-electron chi connectivity index (χ3n) is 1.84. The van der Waals surface area contributed by atoms with Crippen molar-refractivity contribution in [1.82, 2.24) is 0 Å². The lowest BCUT2D eigenvalue weighted by Crippen LogP contribution is -1.80. The van der Waals surface area contributed by atoms with Gasteiger partial charge in [0, 0.05) is 15.6 Å². The molecule has 2 rings (SSSR count). The minimum absolute atomic E-state index is 0.165. The molecule has 0 aliphatic carbocycles. The van der Waals surface area contributed by atoms with Gasteiger partial charge in [-0.1, -0.05) is 0 Å². The average molecular weight is 194 g/mol. The second kappa shape index (κ2) is 2.74. The molecule has 0 atom stereocenters. The SMILES string of the molecule is O=Cc1cc(O)c(O)c2ccsc12. The number of aldehydes is 1. The molecule has 0 fully saturated rings. The van der Waals surface area contributed by atoms with Crippen molar-refractivity contribution in [3.05, 3.63) is 23.1 Å². The third-order valence-corrected chi connectivity index (χ3v) is 2.81. The van der Waals surface area contributed by atoms with E-state index in [9.17, 15) is 15.0 Å². The monoisotopic (exact) mass is 194 g/mol. The second-order valence-electron chi connectivity index (χ2n) is 2.61. The minimum Gasteiger partial charge on any atom is -0.504 e. The first kappa shape index (κ1) is 8.07. The number of hydrogen-bond acceptors (Lipinski definition) is 4. The molecule has 1 aromatic heterocycles. The van der Waals surface area contributed by atoms with E-state index in [0.29, 0.717) is 21.9 Å². The first-order valence-electron chi connectivity index (χ1n) is 3.61. The first-order chi connectivity index (χ1) is 6.24. The van der Waals surface area contributed by atoms with E-state index in [2.05, 4.69) is 0 Å². The van der Waals surface area contributed by atoms with E-state index >= 15 is 0 Å². The van der Waals surface area contributed by atoms with Gasteiger partial charge in [0.1, 0.15) is 0 Å². The van der Waals surface area contributed by atoms with Crippen LogP contribution >= 0.6 is 11.3 Å². The van der Waals surface area contributed by atoms with Crippen LogP contribution in [0.2, 0.25) is 0 Å². The van der Waals surface area contributed by atoms with Crippen LogP contribution in [-0.2, 0) is 0 Å². The molecule has 1 aromatic carbocycles. The number of rotatable bonds is 1. The van der Waals surface area contributed by atoms with Crippen molar-refractivity contribution in [2.45, 2.75) is 0 Å². The summed E-state index contributed by atoms with van der Waals surface area (Å²) in [6.45, 7) is 0. The molecule has 0 aliphatic rings. The van der Waals surface area contributed by atoms with Crippen molar-refractivity contribution in [2.24, 2.45) is 0 Å². The summed E-state index contributed by atoms with van der Waals surface area (Å²) < 4.78 is 0.699. The normalized spacial score (nSPS) is 10.5. The van der Waals surface area contributed by atoms with E-state index < -0.39 is 0 Å². The minimum atomic E-state index is -0.256. The van der Waals surface area contributed by atoms with Gasteiger partial charge in [-0.3, -0.25) is 4.79 Å². The van der Waals surface area contributed by atoms with E-state index in [1.807, 2.05) is 0 Å². The van der Waals surface area contributed by atoms with Gasteiger partial charge >= 0.3 is 0 Å². The highest BCUT2D eigenvalue weighted by Crippen LogP contribution is 2.38. The van der Waals surface area contributed by atoms with Crippen LogP contribution in [0.4, 0.5) is 0 Å². The lowest BCUT2D eigenvalue weighted by Gasteiger charge is -2.00. The van der Waals surface area contributed by atoms with Crippen LogP contribution in [0.1, 0.15) is 10.4 Å². The predicted molar refractivity (Wildman–Crippen MR) is 50.5 cm³/mol. The van der Waals surface area contributed by atoms with Crippen molar-refractivity contribution < 1.29 is 15.0 Å². The maximum absolute atomic E-state index is 10.6. The number of aromatic hydroxyl groups is 2. The van der Waals surface area contributed by atoms with E-state index in [1.165, 1.54) is 17.4 Å². The lowest BCUT2D eigenvalue weighted by atomic mass is 10.1. The summed E-state index contributed by atoms with van der Waals surface area (Å²) in [5.41, 5.74) is 0.403. The zero-order valence-electron chi connectivity index (χ0n) is 6.52. The number of phenols is 2. The van der Waals surface area contributed by atoms with Gasteiger partial charge in [0.25, 0.3) is 0 Å². The van der Waals surface area contributed by atoms with Crippen LogP contribution in [0.3, 0.4) is 0 Å². The van der Waals surface area contributed by atoms with Crippen molar-refractivity contribution >= 4 is 27.7 Å². The molecule has 0 aliphatic heterocycles. The van der Waals surface area contributed by atoms with Gasteiger partial charge < -0.3 is 10.2 Å². The van der Waals surface area contributed by atoms with Crippen molar-refractivity contribution in [3.8, 4) is 11.5 Å². The molecule has 3 nitrogen and oxygen atoms in total. The molecule has 1 heterocycles. The highest BCUT2D eigenvalue weighted by Gasteiger charge is 2.10. The van der Waals surface area contributed by atoms with Crippen LogP contribution in [-0.4, -0.2) is 16.5 Å². The van der Waals surface area contributed by atoms with Gasteiger partial charge in [0.2, 0.25) is 0 Å². The molecule has 2 N–H and O–H groups in total. The van der Waals surface area contributed by atoms with Crippen molar-refractivity contribution in [2.75, 3.05) is 0 Å². The summed E-state index contributed by atoms with van der Waals surface area (Å²) in [6, 6.07) is 2.93. The number of carbonyl (C=O) groups excluding carboxylic acids is 1. The Labute approximate surface area is 77.9 Å². The Balaban J connectivity index is 2.95. The smallest absolute Gasteiger partial charge is 0.166 e. The summed E-state index contributed by atoms with van der Waals surface area (Å²) in [5.74, 6) is -0.421. The van der Waals surface area contributed by atoms with Crippen LogP contribution in [0.15, 0.2) is 17.5 Å². The van der Waals surface area contributed by atoms with Gasteiger partial charge in [-0.25, -0.2) is 0 Å². The first-order valence-corrected chi connectivity index (χ1v) is 4.49. The lowest BCUT2D eigenvalue weighted by molar-refractivity contribution is 0.112. The number of hydrogen-bond donors (Lipinski definition) is 2. The standard InChI is InChI=1S/C9H6O3S/c10-4-5-3-7(11)8(12)6-1-2-13-9(5)6/h1-4,11-12H. The molecule has 13 heavy (non-hydrogen) atoms. The van der Waals surface area contributed by atoms with E-state index in [1.54, 1.807) is 11.4 Å². The summed E-state index contributed by atoms with van der Waals surface area (Å²) >= 11 is 1.36. The number of carbonyl (C=O) groups is 1. The fraction of sp³-hybridized carbons (Fsp3) is 0. The molecule has 0 saturated carbocycles. The molecule has 0 unspecified atom stereocenters. The summed E-state index contributed by atoms with van der Waals surface area (Å²) in [6.07, 6.45) is 0.665. The number of thiophene rings is 1. The fourth-order valence-corrected chi connectivity index (χ4v) is 2.10. The molecule has 0 amide bonds. The summed E-state index contributed by atoms with van der Waals surface area (Å²) in [5, 5.41) is 20.9. The fourth-order valence-electron chi connectivity index (χ4n) is 1.23. The molecule has 0 spiro atoms. The Bertz CT molecular complexity index is 473. The largest absolute Gasteiger partial charge is 0.504 e. The molecular weight excluding hydrogens is 188 g/mol. The van der Waals surface area contributed by atoms with Crippen LogP contribution in [0.5, 0.6) is 11.5 Å². The zero-order chi connectivity index (χ0) is 9.42. The molecule has 2 aromatic rings. The van der Waals surface area contributed by atoms with Crippen LogP contribution in [0, 0.1) is 0 Å². The number of phenolic OH excluding ortho intramolecular Hbond substituents is 2. The topological polar surface area (TPSA) is 57.5 Å². The van der Waals surface area contributed by atoms with Gasteiger partial charge in [-0.15, -0.1) is 11.3 Å². The van der Waals surface area contributed by atoms with E-state index in [0.717, 1.165) is 0 Å². The van der Waals surface area contributed by atoms with Gasteiger partial charge in [-0.2, -0.15) is 0 Å². The molecular formula is C9H6O3S. The number of fused-ring (bicyclic) bond motifs is 1. The van der Waals surface area contributed by atoms with Gasteiger partial charge in [-0.05, 0) is 17.5 Å². The van der Waals surface area contributed by atoms with E-state index in [-0.39, 0.29) is 11.5 Å². The quantitative estimate of drug-likeness (QED) is 0.540. The average Bonchev–Trinajstić information content (AvgIpc) is 2.60. The van der Waals surface area contributed by atoms with Crippen molar-refractivity contribution in [1.29, 1.82) is 0 Å². The zero-order valence-corrected chi connectivity index (χ0v) is 7.34. The van der Waals surface area contributed by atoms with Crippen LogP contribution < -0.4 is 0 Å². The molecule has 0 radical (unpaired) electrons. The van der Waals surface area contributed by atoms with Gasteiger partial charge in [0.15, 0.2) is 17.8 Å². The Kier molecular flexibility index (Phi) is 1.70. The summed E-state index contributed by atoms with van der Waals surface area (Å²) in [4.78, 5) is 10.6. The highest BCUT2D eigenvalue weighted by atomic mass is 32.1. The molecule has 66 valence electrons. The maximum atomic E-state index is 10.6. The Morgan fingerprint density at radius 1 is 1.38 bits per heavy atom. The molecule has 0 bridgehead atoms. The third kappa shape index (κ3) is 1.07. The Hall–Kier alpha value is -1.55. The summed E-state index contributed by atoms with van der Waals surface area (Å²) in [7, 11) is 0. The molecule has 4 heteroatoms. The Morgan fingerprint density at radius 2 is 2.15 bits per heavy atom. The van der Waals surface area contributed by atoms with Crippen LogP contribution in [0.25, 0.3) is 10.1 Å². The van der Waals surface area contributed by atoms with Gasteiger partial charge in [0.05, 0.1) is 0 Å². The number of benzene rings is 1. The van der Waals surface area contributed by atoms with E-state index in [4.69, 9.17) is 0 Å². The Morgan fingerprint density at radius 3 is 2.85 bits per heavy atom. The second-order valence-corrected chi connectivity index (χ2v) is 3.53. The highest BCUT2D eigenvalue weighted by molar-refractivity contribution is 7.17.